The number of carbonyl (C=O) groups is 2. The summed E-state index contributed by atoms with van der Waals surface area (Å²) in [6, 6.07) is 6.52. The number of H-pyrrole nitrogens is 2. The van der Waals surface area contributed by atoms with Gasteiger partial charge in [0, 0.05) is 24.3 Å². The maximum absolute atomic E-state index is 11.9. The fraction of sp³-hybridized carbons (Fsp3) is 0.125. The van der Waals surface area contributed by atoms with Gasteiger partial charge in [0.2, 0.25) is 0 Å². The molecule has 0 amide bonds. The van der Waals surface area contributed by atoms with E-state index in [1.165, 1.54) is 12.5 Å². The van der Waals surface area contributed by atoms with Crippen LogP contribution in [0, 0.1) is 0 Å². The van der Waals surface area contributed by atoms with E-state index in [-0.39, 0.29) is 24.6 Å². The van der Waals surface area contributed by atoms with Gasteiger partial charge in [0.15, 0.2) is 11.2 Å². The second-order valence-electron chi connectivity index (χ2n) is 5.03. The van der Waals surface area contributed by atoms with Gasteiger partial charge in [-0.25, -0.2) is 9.59 Å². The van der Waals surface area contributed by atoms with Crippen LogP contribution in [0.1, 0.15) is 21.0 Å². The van der Waals surface area contributed by atoms with Crippen LogP contribution in [0.25, 0.3) is 22.2 Å². The van der Waals surface area contributed by atoms with Gasteiger partial charge in [0.1, 0.15) is 24.6 Å². The zero-order valence-electron chi connectivity index (χ0n) is 12.3. The van der Waals surface area contributed by atoms with Gasteiger partial charge in [-0.3, -0.25) is 0 Å². The number of nitrogens with one attached hydrogen (secondary N) is 2. The Kier molecular flexibility index (Phi) is 3.34. The maximum atomic E-state index is 11.9. The number of esters is 2. The Morgan fingerprint density at radius 1 is 0.833 bits per heavy atom. The lowest BCUT2D eigenvalue weighted by Crippen LogP contribution is -2.14. The molecule has 122 valence electrons. The summed E-state index contributed by atoms with van der Waals surface area (Å²) in [5.74, 6) is -1.09. The highest BCUT2D eigenvalue weighted by Crippen LogP contribution is 2.17. The largest absolute Gasteiger partial charge is 0.463 e. The van der Waals surface area contributed by atoms with E-state index < -0.39 is 11.9 Å². The topological polar surface area (TPSA) is 110 Å². The second-order valence-corrected chi connectivity index (χ2v) is 5.03. The number of hydrogen-bond acceptors (Lipinski definition) is 6. The van der Waals surface area contributed by atoms with Crippen molar-refractivity contribution >= 4 is 34.1 Å². The van der Waals surface area contributed by atoms with Crippen LogP contribution in [0.15, 0.2) is 45.6 Å². The van der Waals surface area contributed by atoms with Gasteiger partial charge in [0.05, 0.1) is 23.6 Å². The smallest absolute Gasteiger partial charge is 0.355 e. The van der Waals surface area contributed by atoms with Gasteiger partial charge in [-0.15, -0.1) is 0 Å². The average molecular weight is 328 g/mol. The number of ether oxygens (including phenoxy) is 2. The first-order valence-electron chi connectivity index (χ1n) is 7.17. The lowest BCUT2D eigenvalue weighted by molar-refractivity contribution is 0.0260. The summed E-state index contributed by atoms with van der Waals surface area (Å²) < 4.78 is 20.4. The van der Waals surface area contributed by atoms with E-state index in [0.29, 0.717) is 22.2 Å². The number of aromatic amines is 2. The van der Waals surface area contributed by atoms with Gasteiger partial charge in [-0.1, -0.05) is 0 Å². The van der Waals surface area contributed by atoms with E-state index in [4.69, 9.17) is 18.3 Å². The number of furan rings is 2. The molecule has 4 aromatic rings. The molecule has 0 bridgehead atoms. The first-order chi connectivity index (χ1) is 11.7. The monoisotopic (exact) mass is 328 g/mol. The predicted molar refractivity (Wildman–Crippen MR) is 81.7 cm³/mol. The molecule has 4 rings (SSSR count). The van der Waals surface area contributed by atoms with Crippen molar-refractivity contribution in [3.05, 3.63) is 48.2 Å². The first kappa shape index (κ1) is 14.2. The number of carbonyl (C=O) groups excluding carboxylic acids is 2. The summed E-state index contributed by atoms with van der Waals surface area (Å²) >= 11 is 0. The van der Waals surface area contributed by atoms with Crippen molar-refractivity contribution in [3.63, 3.8) is 0 Å². The molecule has 2 N–H and O–H groups in total. The molecule has 4 aromatic heterocycles. The van der Waals surface area contributed by atoms with E-state index in [1.807, 2.05) is 0 Å². The van der Waals surface area contributed by atoms with Crippen LogP contribution in [-0.4, -0.2) is 35.1 Å². The fourth-order valence-corrected chi connectivity index (χ4v) is 2.34. The van der Waals surface area contributed by atoms with Crippen molar-refractivity contribution < 1.29 is 27.9 Å². The van der Waals surface area contributed by atoms with Crippen LogP contribution in [0.4, 0.5) is 0 Å². The normalized spacial score (nSPS) is 11.2. The van der Waals surface area contributed by atoms with E-state index in [0.717, 1.165) is 0 Å². The van der Waals surface area contributed by atoms with Gasteiger partial charge >= 0.3 is 11.9 Å². The Labute approximate surface area is 134 Å². The highest BCUT2D eigenvalue weighted by atomic mass is 16.6. The standard InChI is InChI=1S/C16H12N2O6/c19-15(11-7-13-9(17-11)1-3-21-13)23-5-6-24-16(20)12-8-14-10(18-12)2-4-22-14/h1-4,7-8,17-18H,5-6H2. The van der Waals surface area contributed by atoms with Crippen LogP contribution in [0.5, 0.6) is 0 Å². The SMILES string of the molecule is O=C(OCCOC(=O)c1cc2occc2[nH]1)c1cc2occc2[nH]1. The molecule has 0 radical (unpaired) electrons. The zero-order chi connectivity index (χ0) is 16.5. The lowest BCUT2D eigenvalue weighted by Gasteiger charge is -2.04. The van der Waals surface area contributed by atoms with Gasteiger partial charge in [-0.2, -0.15) is 0 Å². The molecule has 8 nitrogen and oxygen atoms in total. The number of hydrogen-bond donors (Lipinski definition) is 2. The molecule has 0 aliphatic heterocycles. The van der Waals surface area contributed by atoms with E-state index in [2.05, 4.69) is 9.97 Å². The molecule has 0 atom stereocenters. The maximum Gasteiger partial charge on any atom is 0.355 e. The quantitative estimate of drug-likeness (QED) is 0.430. The molecule has 8 heteroatoms. The number of rotatable bonds is 5. The molecule has 0 aromatic carbocycles. The average Bonchev–Trinajstić information content (AvgIpc) is 3.28. The Morgan fingerprint density at radius 3 is 1.71 bits per heavy atom. The molecule has 0 saturated carbocycles. The molecule has 24 heavy (non-hydrogen) atoms. The van der Waals surface area contributed by atoms with Crippen molar-refractivity contribution in [1.29, 1.82) is 0 Å². The summed E-state index contributed by atoms with van der Waals surface area (Å²) in [6.45, 7) is -0.108. The lowest BCUT2D eigenvalue weighted by atomic mass is 10.4. The molecule has 0 aliphatic rings. The minimum atomic E-state index is -0.546. The summed E-state index contributed by atoms with van der Waals surface area (Å²) in [6.07, 6.45) is 3.04. The van der Waals surface area contributed by atoms with Crippen molar-refractivity contribution in [2.45, 2.75) is 0 Å². The van der Waals surface area contributed by atoms with Crippen molar-refractivity contribution in [2.24, 2.45) is 0 Å². The third kappa shape index (κ3) is 2.54. The van der Waals surface area contributed by atoms with Crippen molar-refractivity contribution in [3.8, 4) is 0 Å². The summed E-state index contributed by atoms with van der Waals surface area (Å²) in [4.78, 5) is 29.5. The molecule has 0 aliphatic carbocycles. The van der Waals surface area contributed by atoms with E-state index in [1.54, 1.807) is 24.3 Å². The Bertz CT molecular complexity index is 878. The van der Waals surface area contributed by atoms with Crippen molar-refractivity contribution in [1.82, 2.24) is 9.97 Å². The summed E-state index contributed by atoms with van der Waals surface area (Å²) in [5, 5.41) is 0. The third-order valence-electron chi connectivity index (χ3n) is 3.47. The summed E-state index contributed by atoms with van der Waals surface area (Å²) in [5.41, 5.74) is 3.13. The van der Waals surface area contributed by atoms with E-state index >= 15 is 0 Å². The Balaban J connectivity index is 1.27. The second kappa shape index (κ2) is 5.65. The van der Waals surface area contributed by atoms with Crippen LogP contribution in [0.2, 0.25) is 0 Å². The van der Waals surface area contributed by atoms with Gasteiger partial charge < -0.3 is 28.3 Å². The van der Waals surface area contributed by atoms with Gasteiger partial charge in [0.25, 0.3) is 0 Å². The van der Waals surface area contributed by atoms with Crippen LogP contribution in [-0.2, 0) is 9.47 Å². The highest BCUT2D eigenvalue weighted by Gasteiger charge is 2.14. The molecular formula is C16H12N2O6. The summed E-state index contributed by atoms with van der Waals surface area (Å²) in [7, 11) is 0. The molecule has 0 saturated heterocycles. The minimum absolute atomic E-state index is 0.0538. The third-order valence-corrected chi connectivity index (χ3v) is 3.47. The Morgan fingerprint density at radius 2 is 1.29 bits per heavy atom. The number of fused-ring (bicyclic) bond motifs is 2. The zero-order valence-corrected chi connectivity index (χ0v) is 12.3. The van der Waals surface area contributed by atoms with Gasteiger partial charge in [-0.05, 0) is 0 Å². The van der Waals surface area contributed by atoms with Crippen LogP contribution < -0.4 is 0 Å². The van der Waals surface area contributed by atoms with E-state index in [9.17, 15) is 9.59 Å². The molecule has 0 fully saturated rings. The molecule has 4 heterocycles. The fourth-order valence-electron chi connectivity index (χ4n) is 2.34. The predicted octanol–water partition coefficient (Wildman–Crippen LogP) is 2.85. The molecular weight excluding hydrogens is 316 g/mol. The van der Waals surface area contributed by atoms with Crippen molar-refractivity contribution in [2.75, 3.05) is 13.2 Å². The van der Waals surface area contributed by atoms with Crippen LogP contribution >= 0.6 is 0 Å². The van der Waals surface area contributed by atoms with Crippen LogP contribution in [0.3, 0.4) is 0 Å². The highest BCUT2D eigenvalue weighted by molar-refractivity contribution is 5.94. The Hall–Kier alpha value is -3.42. The number of aromatic nitrogens is 2. The first-order valence-corrected chi connectivity index (χ1v) is 7.17. The minimum Gasteiger partial charge on any atom is -0.463 e. The molecule has 0 spiro atoms. The molecule has 0 unspecified atom stereocenters.